The normalized spacial score (nSPS) is 12.7. The number of halogens is 3. The number of nitrogens with one attached hydrogen (secondary N) is 2. The van der Waals surface area contributed by atoms with E-state index in [9.17, 15) is 0 Å². The molecule has 0 saturated carbocycles. The Kier molecular flexibility index (Phi) is 4.63. The quantitative estimate of drug-likeness (QED) is 0.184. The van der Waals surface area contributed by atoms with E-state index in [1.165, 1.54) is 0 Å². The Morgan fingerprint density at radius 1 is 0.593 bits per heavy atom. The van der Waals surface area contributed by atoms with Gasteiger partial charge in [-0.15, -0.1) is 0 Å². The van der Waals surface area contributed by atoms with Gasteiger partial charge in [-0.25, -0.2) is 9.97 Å². The Balaban J connectivity index is 1.94. The molecule has 7 heteroatoms. The highest BCUT2D eigenvalue weighted by molar-refractivity contribution is 14.1. The highest BCUT2D eigenvalue weighted by atomic mass is 127. The fraction of sp³-hybridized carbons (Fsp3) is 0. The minimum absolute atomic E-state index is 0.941. The summed E-state index contributed by atoms with van der Waals surface area (Å²) in [6, 6.07) is 10.4. The second kappa shape index (κ2) is 6.99. The molecule has 27 heavy (non-hydrogen) atoms. The predicted octanol–water partition coefficient (Wildman–Crippen LogP) is 6.47. The fourth-order valence-electron chi connectivity index (χ4n) is 3.04. The average molecular weight is 688 g/mol. The average Bonchev–Trinajstić information content (AvgIpc) is 3.46. The van der Waals surface area contributed by atoms with Crippen LogP contribution in [0.15, 0.2) is 30.3 Å². The van der Waals surface area contributed by atoms with Gasteiger partial charge < -0.3 is 9.97 Å². The van der Waals surface area contributed by atoms with Gasteiger partial charge in [-0.05, 0) is 122 Å². The topological polar surface area (TPSA) is 57.4 Å². The first kappa shape index (κ1) is 17.9. The number of aromatic amines is 2. The number of hydrogen-bond acceptors (Lipinski definition) is 2. The maximum absolute atomic E-state index is 4.84. The van der Waals surface area contributed by atoms with Crippen molar-refractivity contribution >= 4 is 114 Å². The zero-order chi connectivity index (χ0) is 18.5. The first-order chi connectivity index (χ1) is 13.1. The molecule has 0 fully saturated rings. The van der Waals surface area contributed by atoms with Crippen LogP contribution in [-0.4, -0.2) is 19.9 Å². The van der Waals surface area contributed by atoms with Gasteiger partial charge in [-0.1, -0.05) is 0 Å². The van der Waals surface area contributed by atoms with Crippen molar-refractivity contribution in [1.29, 1.82) is 0 Å². The molecule has 132 valence electrons. The highest BCUT2D eigenvalue weighted by Gasteiger charge is 2.10. The lowest BCUT2D eigenvalue weighted by atomic mass is 10.3. The molecular weight excluding hydrogens is 677 g/mol. The summed E-state index contributed by atoms with van der Waals surface area (Å²) >= 11 is 7.07. The Hall–Kier alpha value is -1.21. The van der Waals surface area contributed by atoms with E-state index < -0.39 is 0 Å². The van der Waals surface area contributed by atoms with E-state index in [1.807, 2.05) is 6.08 Å². The lowest BCUT2D eigenvalue weighted by molar-refractivity contribution is 1.28. The molecular formula is C20H11I3N4. The Bertz CT molecular complexity index is 1310. The van der Waals surface area contributed by atoms with Gasteiger partial charge in [0.1, 0.15) is 0 Å². The number of H-pyrrole nitrogens is 2. The van der Waals surface area contributed by atoms with Crippen molar-refractivity contribution in [3.63, 3.8) is 0 Å². The molecule has 5 heterocycles. The van der Waals surface area contributed by atoms with Crippen LogP contribution in [0.4, 0.5) is 0 Å². The van der Waals surface area contributed by atoms with Crippen molar-refractivity contribution < 1.29 is 0 Å². The van der Waals surface area contributed by atoms with Gasteiger partial charge in [0.05, 0.1) is 50.0 Å². The van der Waals surface area contributed by atoms with Crippen LogP contribution in [0.25, 0.3) is 46.4 Å². The molecule has 4 nitrogen and oxygen atoms in total. The maximum atomic E-state index is 4.84. The SMILES string of the molecule is Ic1c2nc(c(I)c3ccc([nH]3)c(I)c3nc(cc4ccc1[nH]4)C=C3)C=C2. The van der Waals surface area contributed by atoms with Crippen LogP contribution in [0.2, 0.25) is 0 Å². The molecule has 0 saturated heterocycles. The van der Waals surface area contributed by atoms with Crippen molar-refractivity contribution in [3.8, 4) is 0 Å². The molecule has 0 atom stereocenters. The molecule has 3 aromatic heterocycles. The molecule has 8 bridgehead atoms. The maximum Gasteiger partial charge on any atom is 0.0792 e. The molecule has 2 N–H and O–H groups in total. The van der Waals surface area contributed by atoms with E-state index in [0.29, 0.717) is 0 Å². The molecule has 2 aliphatic rings. The second-order valence-corrected chi connectivity index (χ2v) is 9.41. The number of nitrogens with zero attached hydrogens (tertiary/aromatic N) is 2. The van der Waals surface area contributed by atoms with Crippen LogP contribution < -0.4 is 0 Å². The third-order valence-electron chi connectivity index (χ3n) is 4.38. The summed E-state index contributed by atoms with van der Waals surface area (Å²) < 4.78 is 3.30. The lowest BCUT2D eigenvalue weighted by Gasteiger charge is -1.94. The van der Waals surface area contributed by atoms with Crippen LogP contribution >= 0.6 is 67.8 Å². The predicted molar refractivity (Wildman–Crippen MR) is 137 cm³/mol. The minimum Gasteiger partial charge on any atom is -0.355 e. The van der Waals surface area contributed by atoms with Crippen LogP contribution in [0.1, 0.15) is 22.8 Å². The van der Waals surface area contributed by atoms with Gasteiger partial charge in [0.2, 0.25) is 0 Å². The third-order valence-corrected chi connectivity index (χ3v) is 7.78. The summed E-state index contributed by atoms with van der Waals surface area (Å²) in [5, 5.41) is 0. The highest BCUT2D eigenvalue weighted by Crippen LogP contribution is 2.26. The van der Waals surface area contributed by atoms with E-state index in [4.69, 9.17) is 9.97 Å². The molecule has 0 amide bonds. The molecule has 0 unspecified atom stereocenters. The van der Waals surface area contributed by atoms with Gasteiger partial charge in [-0.2, -0.15) is 0 Å². The zero-order valence-electron chi connectivity index (χ0n) is 13.7. The van der Waals surface area contributed by atoms with E-state index in [0.717, 1.165) is 55.6 Å². The molecule has 0 aromatic carbocycles. The van der Waals surface area contributed by atoms with Crippen LogP contribution in [-0.2, 0) is 0 Å². The van der Waals surface area contributed by atoms with Crippen molar-refractivity contribution in [3.05, 3.63) is 63.8 Å². The summed E-state index contributed by atoms with van der Waals surface area (Å²) in [5.41, 5.74) is 8.07. The van der Waals surface area contributed by atoms with Gasteiger partial charge >= 0.3 is 0 Å². The van der Waals surface area contributed by atoms with Gasteiger partial charge in [0.25, 0.3) is 0 Å². The smallest absolute Gasteiger partial charge is 0.0792 e. The molecule has 0 aliphatic carbocycles. The number of rotatable bonds is 0. The number of fused-ring (bicyclic) bond motifs is 8. The summed E-state index contributed by atoms with van der Waals surface area (Å²) in [7, 11) is 0. The van der Waals surface area contributed by atoms with Crippen molar-refractivity contribution in [2.75, 3.05) is 0 Å². The Labute approximate surface area is 196 Å². The molecule has 5 rings (SSSR count). The molecule has 0 radical (unpaired) electrons. The molecule has 2 aliphatic heterocycles. The second-order valence-electron chi connectivity index (χ2n) is 6.17. The number of aromatic nitrogens is 4. The van der Waals surface area contributed by atoms with E-state index in [2.05, 4.69) is 126 Å². The van der Waals surface area contributed by atoms with Crippen molar-refractivity contribution in [2.45, 2.75) is 0 Å². The molecule has 3 aromatic rings. The largest absolute Gasteiger partial charge is 0.355 e. The summed E-state index contributed by atoms with van der Waals surface area (Å²) in [5.74, 6) is 0. The monoisotopic (exact) mass is 688 g/mol. The van der Waals surface area contributed by atoms with E-state index in [-0.39, 0.29) is 0 Å². The third kappa shape index (κ3) is 3.27. The van der Waals surface area contributed by atoms with Crippen LogP contribution in [0, 0.1) is 10.7 Å². The number of hydrogen-bond donors (Lipinski definition) is 2. The lowest BCUT2D eigenvalue weighted by Crippen LogP contribution is -1.85. The van der Waals surface area contributed by atoms with Crippen molar-refractivity contribution in [2.24, 2.45) is 0 Å². The van der Waals surface area contributed by atoms with E-state index in [1.54, 1.807) is 0 Å². The van der Waals surface area contributed by atoms with Gasteiger partial charge in [0.15, 0.2) is 0 Å². The summed E-state index contributed by atoms with van der Waals surface area (Å²) in [4.78, 5) is 16.6. The van der Waals surface area contributed by atoms with Crippen molar-refractivity contribution in [1.82, 2.24) is 19.9 Å². The summed E-state index contributed by atoms with van der Waals surface area (Å²) in [6.45, 7) is 0. The Morgan fingerprint density at radius 2 is 1.11 bits per heavy atom. The Morgan fingerprint density at radius 3 is 1.78 bits per heavy atom. The first-order valence-corrected chi connectivity index (χ1v) is 11.4. The zero-order valence-corrected chi connectivity index (χ0v) is 20.2. The van der Waals surface area contributed by atoms with Crippen LogP contribution in [0.5, 0.6) is 0 Å². The fourth-order valence-corrected chi connectivity index (χ4v) is 4.88. The molecule has 0 spiro atoms. The minimum atomic E-state index is 0.941. The first-order valence-electron chi connectivity index (χ1n) is 8.18. The van der Waals surface area contributed by atoms with E-state index >= 15 is 0 Å². The van der Waals surface area contributed by atoms with Gasteiger partial charge in [0, 0.05) is 5.52 Å². The van der Waals surface area contributed by atoms with Gasteiger partial charge in [-0.3, -0.25) is 0 Å². The summed E-state index contributed by atoms with van der Waals surface area (Å²) in [6.07, 6.45) is 8.25. The standard InChI is InChI=1S/C20H11I3N4/c21-18-12-3-1-10(24-12)9-11-2-4-13(25-11)19(22)15-6-8-17(27-15)20(23)16-7-5-14(18)26-16/h1-9,24,27H. The van der Waals surface area contributed by atoms with Crippen LogP contribution in [0.3, 0.4) is 0 Å².